The predicted molar refractivity (Wildman–Crippen MR) is 155 cm³/mol. The average Bonchev–Trinajstić information content (AvgIpc) is 3.58. The molecule has 0 bridgehead atoms. The number of carbonyl (C=O) groups is 1. The van der Waals surface area contributed by atoms with Crippen LogP contribution in [0.1, 0.15) is 54.7 Å². The second-order valence-corrected chi connectivity index (χ2v) is 11.1. The predicted octanol–water partition coefficient (Wildman–Crippen LogP) is 5.63. The van der Waals surface area contributed by atoms with Crippen molar-refractivity contribution in [2.24, 2.45) is 0 Å². The van der Waals surface area contributed by atoms with E-state index in [9.17, 15) is 4.79 Å². The molecule has 38 heavy (non-hydrogen) atoms. The van der Waals surface area contributed by atoms with Crippen molar-refractivity contribution in [1.29, 1.82) is 0 Å². The third-order valence-corrected chi connectivity index (χ3v) is 8.31. The summed E-state index contributed by atoms with van der Waals surface area (Å²) in [7, 11) is 0. The van der Waals surface area contributed by atoms with Crippen molar-refractivity contribution >= 4 is 29.0 Å². The molecule has 4 aromatic rings. The number of thiazole rings is 1. The molecule has 1 unspecified atom stereocenters. The number of amides is 1. The van der Waals surface area contributed by atoms with Crippen molar-refractivity contribution in [3.63, 3.8) is 0 Å². The molecule has 1 amide bonds. The van der Waals surface area contributed by atoms with Gasteiger partial charge in [0.15, 0.2) is 11.0 Å². The summed E-state index contributed by atoms with van der Waals surface area (Å²) < 4.78 is 2.04. The number of hydrogen-bond acceptors (Lipinski definition) is 8. The van der Waals surface area contributed by atoms with E-state index < -0.39 is 0 Å². The second-order valence-electron chi connectivity index (χ2n) is 9.18. The number of pyridine rings is 1. The first-order valence-corrected chi connectivity index (χ1v) is 14.9. The van der Waals surface area contributed by atoms with Gasteiger partial charge in [-0.1, -0.05) is 43.3 Å². The topological polar surface area (TPSA) is 88.8 Å². The summed E-state index contributed by atoms with van der Waals surface area (Å²) in [4.78, 5) is 24.0. The fourth-order valence-corrected chi connectivity index (χ4v) is 5.85. The zero-order chi connectivity index (χ0) is 26.9. The number of hydrogen-bond donors (Lipinski definition) is 1. The van der Waals surface area contributed by atoms with Crippen molar-refractivity contribution in [1.82, 2.24) is 34.9 Å². The molecule has 0 aliphatic carbocycles. The quantitative estimate of drug-likeness (QED) is 0.216. The largest absolute Gasteiger partial charge is 0.348 e. The number of thioether (sulfide) groups is 1. The highest BCUT2D eigenvalue weighted by atomic mass is 32.2. The third kappa shape index (κ3) is 7.27. The van der Waals surface area contributed by atoms with Crippen LogP contribution in [-0.4, -0.2) is 61.2 Å². The van der Waals surface area contributed by atoms with Crippen molar-refractivity contribution in [2.45, 2.75) is 57.5 Å². The summed E-state index contributed by atoms with van der Waals surface area (Å²) in [6.07, 6.45) is 5.54. The fraction of sp³-hybridized carbons (Fsp3) is 0.393. The Hall–Kier alpha value is -3.08. The standard InChI is InChI=1S/C28H35N7OS2/c1-5-34(6-2)16-8-9-21(4)30-27(36)24-18-37-25(31-24)19-38-28-33-32-26(22-10-7-15-29-17-22)35(28)23-13-11-20(3)12-14-23/h7,10-15,17-18,21H,5-6,8-9,16,19H2,1-4H3,(H,30,36). The van der Waals surface area contributed by atoms with Gasteiger partial charge in [-0.25, -0.2) is 4.98 Å². The van der Waals surface area contributed by atoms with Crippen LogP contribution < -0.4 is 5.32 Å². The summed E-state index contributed by atoms with van der Waals surface area (Å²) in [6, 6.07) is 12.3. The van der Waals surface area contributed by atoms with E-state index in [0.29, 0.717) is 11.4 Å². The molecule has 0 radical (unpaired) electrons. The molecular formula is C28H35N7OS2. The Balaban J connectivity index is 1.40. The van der Waals surface area contributed by atoms with Gasteiger partial charge in [-0.05, 0) is 70.6 Å². The zero-order valence-corrected chi connectivity index (χ0v) is 24.1. The van der Waals surface area contributed by atoms with Crippen LogP contribution in [0.2, 0.25) is 0 Å². The summed E-state index contributed by atoms with van der Waals surface area (Å²) >= 11 is 3.04. The van der Waals surface area contributed by atoms with Crippen LogP contribution in [0.5, 0.6) is 0 Å². The van der Waals surface area contributed by atoms with Gasteiger partial charge in [0.05, 0.1) is 5.75 Å². The first-order valence-electron chi connectivity index (χ1n) is 13.0. The molecule has 0 aliphatic heterocycles. The molecule has 0 saturated carbocycles. The molecule has 0 saturated heterocycles. The van der Waals surface area contributed by atoms with E-state index in [4.69, 9.17) is 0 Å². The Bertz CT molecular complexity index is 1300. The van der Waals surface area contributed by atoms with Gasteiger partial charge in [0.25, 0.3) is 5.91 Å². The number of rotatable bonds is 13. The van der Waals surface area contributed by atoms with Gasteiger partial charge in [-0.15, -0.1) is 21.5 Å². The summed E-state index contributed by atoms with van der Waals surface area (Å²) in [6.45, 7) is 11.7. The van der Waals surface area contributed by atoms with Crippen LogP contribution in [-0.2, 0) is 5.75 Å². The maximum absolute atomic E-state index is 12.8. The summed E-state index contributed by atoms with van der Waals surface area (Å²) in [5.74, 6) is 1.21. The average molecular weight is 550 g/mol. The maximum Gasteiger partial charge on any atom is 0.270 e. The molecule has 10 heteroatoms. The SMILES string of the molecule is CCN(CC)CCCC(C)NC(=O)c1csc(CSc2nnc(-c3cccnc3)n2-c2ccc(C)cc2)n1. The molecule has 200 valence electrons. The lowest BCUT2D eigenvalue weighted by Crippen LogP contribution is -2.33. The number of aryl methyl sites for hydroxylation is 1. The lowest BCUT2D eigenvalue weighted by molar-refractivity contribution is 0.0932. The number of nitrogens with one attached hydrogen (secondary N) is 1. The van der Waals surface area contributed by atoms with Crippen LogP contribution in [0.25, 0.3) is 17.1 Å². The molecule has 1 aromatic carbocycles. The minimum absolute atomic E-state index is 0.108. The van der Waals surface area contributed by atoms with Crippen molar-refractivity contribution in [2.75, 3.05) is 19.6 Å². The van der Waals surface area contributed by atoms with Crippen molar-refractivity contribution in [3.8, 4) is 17.1 Å². The minimum Gasteiger partial charge on any atom is -0.348 e. The molecule has 3 aromatic heterocycles. The molecule has 1 N–H and O–H groups in total. The van der Waals surface area contributed by atoms with E-state index in [1.807, 2.05) is 22.1 Å². The lowest BCUT2D eigenvalue weighted by atomic mass is 10.1. The lowest BCUT2D eigenvalue weighted by Gasteiger charge is -2.19. The molecule has 1 atom stereocenters. The monoisotopic (exact) mass is 549 g/mol. The van der Waals surface area contributed by atoms with Crippen LogP contribution in [0.15, 0.2) is 59.3 Å². The molecular weight excluding hydrogens is 514 g/mol. The van der Waals surface area contributed by atoms with E-state index in [1.54, 1.807) is 24.2 Å². The Kier molecular flexibility index (Phi) is 10.0. The van der Waals surface area contributed by atoms with Gasteiger partial charge in [-0.2, -0.15) is 0 Å². The highest BCUT2D eigenvalue weighted by Gasteiger charge is 2.18. The molecule has 8 nitrogen and oxygen atoms in total. The number of carbonyl (C=O) groups excluding carboxylic acids is 1. The van der Waals surface area contributed by atoms with E-state index in [2.05, 4.69) is 82.3 Å². The number of nitrogens with zero attached hydrogens (tertiary/aromatic N) is 6. The van der Waals surface area contributed by atoms with E-state index in [0.717, 1.165) is 59.7 Å². The first-order chi connectivity index (χ1) is 18.5. The Labute approximate surface area is 232 Å². The second kappa shape index (κ2) is 13.6. The summed E-state index contributed by atoms with van der Waals surface area (Å²) in [5, 5.41) is 15.5. The zero-order valence-electron chi connectivity index (χ0n) is 22.4. The molecule has 0 aliphatic rings. The maximum atomic E-state index is 12.8. The smallest absolute Gasteiger partial charge is 0.270 e. The van der Waals surface area contributed by atoms with Crippen molar-refractivity contribution < 1.29 is 4.79 Å². The summed E-state index contributed by atoms with van der Waals surface area (Å²) in [5.41, 5.74) is 3.53. The number of benzene rings is 1. The third-order valence-electron chi connectivity index (χ3n) is 6.34. The Morgan fingerprint density at radius 2 is 1.95 bits per heavy atom. The molecule has 4 rings (SSSR count). The van der Waals surface area contributed by atoms with Gasteiger partial charge in [0, 0.05) is 35.1 Å². The Morgan fingerprint density at radius 3 is 2.66 bits per heavy atom. The van der Waals surface area contributed by atoms with Crippen LogP contribution in [0.4, 0.5) is 0 Å². The molecule has 0 spiro atoms. The molecule has 0 fully saturated rings. The van der Waals surface area contributed by atoms with Crippen molar-refractivity contribution in [3.05, 3.63) is 70.4 Å². The van der Waals surface area contributed by atoms with E-state index in [-0.39, 0.29) is 11.9 Å². The number of aromatic nitrogens is 5. The van der Waals surface area contributed by atoms with Gasteiger partial charge in [0.2, 0.25) is 0 Å². The van der Waals surface area contributed by atoms with Crippen LogP contribution >= 0.6 is 23.1 Å². The van der Waals surface area contributed by atoms with Gasteiger partial charge < -0.3 is 10.2 Å². The normalized spacial score (nSPS) is 12.1. The van der Waals surface area contributed by atoms with Crippen LogP contribution in [0.3, 0.4) is 0 Å². The van der Waals surface area contributed by atoms with Gasteiger partial charge in [0.1, 0.15) is 10.7 Å². The van der Waals surface area contributed by atoms with Crippen LogP contribution in [0, 0.1) is 6.92 Å². The fourth-order valence-electron chi connectivity index (χ4n) is 4.11. The molecule has 3 heterocycles. The highest BCUT2D eigenvalue weighted by Crippen LogP contribution is 2.30. The first kappa shape index (κ1) is 27.9. The van der Waals surface area contributed by atoms with Gasteiger partial charge >= 0.3 is 0 Å². The highest BCUT2D eigenvalue weighted by molar-refractivity contribution is 7.98. The van der Waals surface area contributed by atoms with Gasteiger partial charge in [-0.3, -0.25) is 14.3 Å². The van der Waals surface area contributed by atoms with E-state index >= 15 is 0 Å². The minimum atomic E-state index is -0.116. The van der Waals surface area contributed by atoms with E-state index in [1.165, 1.54) is 16.9 Å². The Morgan fingerprint density at radius 1 is 1.16 bits per heavy atom.